The van der Waals surface area contributed by atoms with Gasteiger partial charge in [0.05, 0.1) is 0 Å². The van der Waals surface area contributed by atoms with Crippen molar-refractivity contribution in [1.29, 1.82) is 0 Å². The Kier molecular flexibility index (Phi) is 2.83. The lowest BCUT2D eigenvalue weighted by atomic mass is 10.2. The van der Waals surface area contributed by atoms with Gasteiger partial charge in [-0.1, -0.05) is 12.1 Å². The van der Waals surface area contributed by atoms with Crippen molar-refractivity contribution in [1.82, 2.24) is 5.32 Å². The standard InChI is InChI=1S/C12H17N3O/c1-12(5-6-12)15-11(16)14-10-4-2-3-9(7-10)8-13/h2-4,7H,5-6,8,13H2,1H3,(H2,14,15,16). The molecule has 1 fully saturated rings. The Morgan fingerprint density at radius 1 is 1.50 bits per heavy atom. The van der Waals surface area contributed by atoms with E-state index in [1.807, 2.05) is 31.2 Å². The summed E-state index contributed by atoms with van der Waals surface area (Å²) < 4.78 is 0. The van der Waals surface area contributed by atoms with Crippen LogP contribution in [0.4, 0.5) is 10.5 Å². The third-order valence-electron chi connectivity index (χ3n) is 2.84. The van der Waals surface area contributed by atoms with Crippen LogP contribution >= 0.6 is 0 Å². The summed E-state index contributed by atoms with van der Waals surface area (Å²) in [5.41, 5.74) is 7.33. The van der Waals surface area contributed by atoms with Gasteiger partial charge in [0.15, 0.2) is 0 Å². The first-order valence-electron chi connectivity index (χ1n) is 5.49. The molecule has 0 spiro atoms. The molecule has 86 valence electrons. The van der Waals surface area contributed by atoms with Gasteiger partial charge >= 0.3 is 6.03 Å². The average Bonchev–Trinajstić information content (AvgIpc) is 2.95. The van der Waals surface area contributed by atoms with Crippen molar-refractivity contribution in [2.24, 2.45) is 5.73 Å². The van der Waals surface area contributed by atoms with Gasteiger partial charge < -0.3 is 16.4 Å². The van der Waals surface area contributed by atoms with Crippen LogP contribution in [0.15, 0.2) is 24.3 Å². The molecule has 1 aliphatic rings. The molecule has 1 aromatic rings. The van der Waals surface area contributed by atoms with Gasteiger partial charge in [-0.05, 0) is 37.5 Å². The number of carbonyl (C=O) groups is 1. The summed E-state index contributed by atoms with van der Waals surface area (Å²) in [7, 11) is 0. The molecule has 0 bridgehead atoms. The molecule has 0 aliphatic heterocycles. The number of urea groups is 1. The minimum Gasteiger partial charge on any atom is -0.333 e. The quantitative estimate of drug-likeness (QED) is 0.726. The SMILES string of the molecule is CC1(NC(=O)Nc2cccc(CN)c2)CC1. The minimum atomic E-state index is -0.144. The summed E-state index contributed by atoms with van der Waals surface area (Å²) in [4.78, 5) is 11.6. The van der Waals surface area contributed by atoms with Gasteiger partial charge in [0, 0.05) is 17.8 Å². The van der Waals surface area contributed by atoms with Crippen LogP contribution < -0.4 is 16.4 Å². The molecule has 1 aromatic carbocycles. The lowest BCUT2D eigenvalue weighted by molar-refractivity contribution is 0.248. The fourth-order valence-corrected chi connectivity index (χ4v) is 1.52. The summed E-state index contributed by atoms with van der Waals surface area (Å²) in [5.74, 6) is 0. The highest BCUT2D eigenvalue weighted by Gasteiger charge is 2.38. The normalized spacial score (nSPS) is 16.6. The molecule has 1 aliphatic carbocycles. The first kappa shape index (κ1) is 11.0. The molecule has 4 heteroatoms. The number of benzene rings is 1. The molecule has 4 N–H and O–H groups in total. The second-order valence-electron chi connectivity index (χ2n) is 4.54. The molecule has 1 saturated carbocycles. The zero-order valence-electron chi connectivity index (χ0n) is 9.42. The number of rotatable bonds is 3. The molecule has 0 atom stereocenters. The van der Waals surface area contributed by atoms with Gasteiger partial charge in [0.25, 0.3) is 0 Å². The second kappa shape index (κ2) is 4.14. The van der Waals surface area contributed by atoms with Gasteiger partial charge in [-0.3, -0.25) is 0 Å². The maximum atomic E-state index is 11.6. The Balaban J connectivity index is 1.94. The predicted octanol–water partition coefficient (Wildman–Crippen LogP) is 1.82. The summed E-state index contributed by atoms with van der Waals surface area (Å²) in [5, 5.41) is 5.74. The predicted molar refractivity (Wildman–Crippen MR) is 64.1 cm³/mol. The number of carbonyl (C=O) groups excluding carboxylic acids is 1. The topological polar surface area (TPSA) is 67.2 Å². The second-order valence-corrected chi connectivity index (χ2v) is 4.54. The van der Waals surface area contributed by atoms with Gasteiger partial charge in [0.1, 0.15) is 0 Å². The minimum absolute atomic E-state index is 0.00949. The van der Waals surface area contributed by atoms with Crippen LogP contribution in [0.1, 0.15) is 25.3 Å². The van der Waals surface area contributed by atoms with Crippen molar-refractivity contribution >= 4 is 11.7 Å². The van der Waals surface area contributed by atoms with E-state index in [1.165, 1.54) is 0 Å². The molecule has 2 amide bonds. The molecule has 16 heavy (non-hydrogen) atoms. The van der Waals surface area contributed by atoms with Crippen molar-refractivity contribution in [3.8, 4) is 0 Å². The van der Waals surface area contributed by atoms with E-state index in [4.69, 9.17) is 5.73 Å². The van der Waals surface area contributed by atoms with Crippen LogP contribution in [-0.4, -0.2) is 11.6 Å². The van der Waals surface area contributed by atoms with E-state index >= 15 is 0 Å². The van der Waals surface area contributed by atoms with Crippen molar-refractivity contribution in [2.45, 2.75) is 31.8 Å². The van der Waals surface area contributed by atoms with Crippen molar-refractivity contribution in [2.75, 3.05) is 5.32 Å². The Hall–Kier alpha value is -1.55. The smallest absolute Gasteiger partial charge is 0.319 e. The Bertz CT molecular complexity index is 399. The molecule has 0 heterocycles. The molecule has 0 aromatic heterocycles. The largest absolute Gasteiger partial charge is 0.333 e. The number of amides is 2. The van der Waals surface area contributed by atoms with Gasteiger partial charge in [-0.2, -0.15) is 0 Å². The molecule has 2 rings (SSSR count). The summed E-state index contributed by atoms with van der Waals surface area (Å²) in [6, 6.07) is 7.42. The Morgan fingerprint density at radius 2 is 2.25 bits per heavy atom. The summed E-state index contributed by atoms with van der Waals surface area (Å²) in [6.07, 6.45) is 2.12. The third kappa shape index (κ3) is 2.73. The summed E-state index contributed by atoms with van der Waals surface area (Å²) >= 11 is 0. The van der Waals surface area contributed by atoms with Crippen LogP contribution in [0.3, 0.4) is 0 Å². The van der Waals surface area contributed by atoms with E-state index < -0.39 is 0 Å². The van der Waals surface area contributed by atoms with Crippen molar-refractivity contribution in [3.05, 3.63) is 29.8 Å². The lowest BCUT2D eigenvalue weighted by Crippen LogP contribution is -2.37. The van der Waals surface area contributed by atoms with E-state index in [0.29, 0.717) is 6.54 Å². The van der Waals surface area contributed by atoms with Crippen molar-refractivity contribution < 1.29 is 4.79 Å². The molecular weight excluding hydrogens is 202 g/mol. The number of hydrogen-bond donors (Lipinski definition) is 3. The van der Waals surface area contributed by atoms with Crippen LogP contribution in [0, 0.1) is 0 Å². The molecule has 0 saturated heterocycles. The number of nitrogens with two attached hydrogens (primary N) is 1. The molecule has 0 radical (unpaired) electrons. The number of hydrogen-bond acceptors (Lipinski definition) is 2. The van der Waals surface area contributed by atoms with E-state index in [2.05, 4.69) is 10.6 Å². The maximum absolute atomic E-state index is 11.6. The molecule has 4 nitrogen and oxygen atoms in total. The average molecular weight is 219 g/mol. The maximum Gasteiger partial charge on any atom is 0.319 e. The zero-order chi connectivity index (χ0) is 11.6. The van der Waals surface area contributed by atoms with Crippen LogP contribution in [0.5, 0.6) is 0 Å². The highest BCUT2D eigenvalue weighted by Crippen LogP contribution is 2.34. The lowest BCUT2D eigenvalue weighted by Gasteiger charge is -2.12. The van der Waals surface area contributed by atoms with Crippen LogP contribution in [0.25, 0.3) is 0 Å². The fraction of sp³-hybridized carbons (Fsp3) is 0.417. The van der Waals surface area contributed by atoms with Crippen molar-refractivity contribution in [3.63, 3.8) is 0 Å². The zero-order valence-corrected chi connectivity index (χ0v) is 9.42. The van der Waals surface area contributed by atoms with E-state index in [9.17, 15) is 4.79 Å². The van der Waals surface area contributed by atoms with Crippen LogP contribution in [0.2, 0.25) is 0 Å². The van der Waals surface area contributed by atoms with Gasteiger partial charge in [-0.25, -0.2) is 4.79 Å². The first-order valence-corrected chi connectivity index (χ1v) is 5.49. The monoisotopic (exact) mass is 219 g/mol. The first-order chi connectivity index (χ1) is 7.61. The highest BCUT2D eigenvalue weighted by molar-refractivity contribution is 5.90. The Morgan fingerprint density at radius 3 is 2.88 bits per heavy atom. The summed E-state index contributed by atoms with van der Waals surface area (Å²) in [6.45, 7) is 2.53. The highest BCUT2D eigenvalue weighted by atomic mass is 16.2. The number of anilines is 1. The fourth-order valence-electron chi connectivity index (χ4n) is 1.52. The number of nitrogens with one attached hydrogen (secondary N) is 2. The van der Waals surface area contributed by atoms with E-state index in [-0.39, 0.29) is 11.6 Å². The third-order valence-corrected chi connectivity index (χ3v) is 2.84. The van der Waals surface area contributed by atoms with Gasteiger partial charge in [-0.15, -0.1) is 0 Å². The van der Waals surface area contributed by atoms with Crippen LogP contribution in [-0.2, 0) is 6.54 Å². The molecular formula is C12H17N3O. The Labute approximate surface area is 95.2 Å². The van der Waals surface area contributed by atoms with E-state index in [1.54, 1.807) is 0 Å². The molecule has 0 unspecified atom stereocenters. The van der Waals surface area contributed by atoms with Gasteiger partial charge in [0.2, 0.25) is 0 Å². The van der Waals surface area contributed by atoms with E-state index in [0.717, 1.165) is 24.1 Å².